The van der Waals surface area contributed by atoms with E-state index in [1.54, 1.807) is 6.92 Å². The molecule has 0 saturated carbocycles. The van der Waals surface area contributed by atoms with Crippen LogP contribution < -0.4 is 0 Å². The van der Waals surface area contributed by atoms with Gasteiger partial charge in [-0.2, -0.15) is 0 Å². The van der Waals surface area contributed by atoms with Crippen LogP contribution in [0.2, 0.25) is 0 Å². The summed E-state index contributed by atoms with van der Waals surface area (Å²) in [6.07, 6.45) is -0.236. The Labute approximate surface area is 61.3 Å². The summed E-state index contributed by atoms with van der Waals surface area (Å²) in [5.41, 5.74) is 0. The molecular formula is C7H15NO2. The monoisotopic (exact) mass is 145 g/mol. The molecule has 0 radical (unpaired) electrons. The molecule has 0 aromatic rings. The Morgan fingerprint density at radius 2 is 2.20 bits per heavy atom. The first-order valence-electron chi connectivity index (χ1n) is 3.73. The third-order valence-corrected chi connectivity index (χ3v) is 1.81. The fourth-order valence-electron chi connectivity index (χ4n) is 1.32. The standard InChI is InChI=1S/C7H15NO2/c1-6(10)2-8-3-7(4-8)5-9/h6-7,9-10H,2-5H2,1H3. The average Bonchev–Trinajstić information content (AvgIpc) is 1.76. The Balaban J connectivity index is 2.03. The topological polar surface area (TPSA) is 43.7 Å². The number of nitrogens with zero attached hydrogens (tertiary/aromatic N) is 1. The lowest BCUT2D eigenvalue weighted by Crippen LogP contribution is -2.50. The van der Waals surface area contributed by atoms with Crippen molar-refractivity contribution in [2.45, 2.75) is 13.0 Å². The third kappa shape index (κ3) is 1.94. The summed E-state index contributed by atoms with van der Waals surface area (Å²) in [4.78, 5) is 2.14. The van der Waals surface area contributed by atoms with Crippen LogP contribution in [0.15, 0.2) is 0 Å². The molecule has 0 aromatic carbocycles. The number of aliphatic hydroxyl groups is 2. The van der Waals surface area contributed by atoms with E-state index in [9.17, 15) is 0 Å². The molecule has 2 N–H and O–H groups in total. The van der Waals surface area contributed by atoms with Gasteiger partial charge in [-0.1, -0.05) is 0 Å². The van der Waals surface area contributed by atoms with Crippen LogP contribution in [-0.4, -0.2) is 47.5 Å². The van der Waals surface area contributed by atoms with Crippen LogP contribution in [0.25, 0.3) is 0 Å². The lowest BCUT2D eigenvalue weighted by atomic mass is 10.0. The number of likely N-dealkylation sites (tertiary alicyclic amines) is 1. The molecule has 0 aliphatic carbocycles. The highest BCUT2D eigenvalue weighted by Crippen LogP contribution is 2.13. The number of rotatable bonds is 3. The summed E-state index contributed by atoms with van der Waals surface area (Å²) in [7, 11) is 0. The highest BCUT2D eigenvalue weighted by atomic mass is 16.3. The van der Waals surface area contributed by atoms with Crippen molar-refractivity contribution >= 4 is 0 Å². The molecule has 3 heteroatoms. The van der Waals surface area contributed by atoms with Gasteiger partial charge in [0.25, 0.3) is 0 Å². The molecule has 60 valence electrons. The fourth-order valence-corrected chi connectivity index (χ4v) is 1.32. The van der Waals surface area contributed by atoms with Gasteiger partial charge in [0.1, 0.15) is 0 Å². The molecule has 0 bridgehead atoms. The second kappa shape index (κ2) is 3.32. The molecule has 1 saturated heterocycles. The normalized spacial score (nSPS) is 24.3. The molecule has 1 unspecified atom stereocenters. The van der Waals surface area contributed by atoms with Gasteiger partial charge in [0.2, 0.25) is 0 Å². The SMILES string of the molecule is CC(O)CN1CC(CO)C1. The molecule has 1 aliphatic rings. The second-order valence-corrected chi connectivity index (χ2v) is 3.12. The summed E-state index contributed by atoms with van der Waals surface area (Å²) in [6, 6.07) is 0. The zero-order valence-corrected chi connectivity index (χ0v) is 6.32. The summed E-state index contributed by atoms with van der Waals surface area (Å²) < 4.78 is 0. The predicted molar refractivity (Wildman–Crippen MR) is 38.7 cm³/mol. The zero-order valence-electron chi connectivity index (χ0n) is 6.32. The van der Waals surface area contributed by atoms with E-state index >= 15 is 0 Å². The Morgan fingerprint density at radius 1 is 1.60 bits per heavy atom. The van der Waals surface area contributed by atoms with Gasteiger partial charge in [-0.05, 0) is 6.92 Å². The van der Waals surface area contributed by atoms with E-state index in [0.29, 0.717) is 5.92 Å². The Bertz CT molecular complexity index is 99.8. The maximum absolute atomic E-state index is 8.94. The van der Waals surface area contributed by atoms with E-state index in [4.69, 9.17) is 10.2 Å². The van der Waals surface area contributed by atoms with E-state index in [1.807, 2.05) is 0 Å². The van der Waals surface area contributed by atoms with Crippen LogP contribution in [0.4, 0.5) is 0 Å². The Hall–Kier alpha value is -0.120. The molecule has 1 atom stereocenters. The van der Waals surface area contributed by atoms with E-state index in [1.165, 1.54) is 0 Å². The molecule has 1 heterocycles. The predicted octanol–water partition coefficient (Wildman–Crippen LogP) is -0.709. The second-order valence-electron chi connectivity index (χ2n) is 3.12. The smallest absolute Gasteiger partial charge is 0.0639 e. The minimum atomic E-state index is -0.236. The molecule has 0 amide bonds. The first-order chi connectivity index (χ1) is 4.72. The van der Waals surface area contributed by atoms with E-state index in [2.05, 4.69) is 4.90 Å². The van der Waals surface area contributed by atoms with E-state index in [0.717, 1.165) is 19.6 Å². The van der Waals surface area contributed by atoms with Crippen molar-refractivity contribution in [3.05, 3.63) is 0 Å². The van der Waals surface area contributed by atoms with Gasteiger partial charge in [0.15, 0.2) is 0 Å². The molecular weight excluding hydrogens is 130 g/mol. The summed E-state index contributed by atoms with van der Waals surface area (Å²) in [5, 5.41) is 17.6. The van der Waals surface area contributed by atoms with E-state index in [-0.39, 0.29) is 12.7 Å². The summed E-state index contributed by atoms with van der Waals surface area (Å²) in [5.74, 6) is 0.457. The molecule has 3 nitrogen and oxygen atoms in total. The van der Waals surface area contributed by atoms with Crippen LogP contribution >= 0.6 is 0 Å². The Morgan fingerprint density at radius 3 is 2.60 bits per heavy atom. The largest absolute Gasteiger partial charge is 0.396 e. The fraction of sp³-hybridized carbons (Fsp3) is 1.00. The molecule has 0 aromatic heterocycles. The van der Waals surface area contributed by atoms with Crippen molar-refractivity contribution in [2.24, 2.45) is 5.92 Å². The lowest BCUT2D eigenvalue weighted by molar-refractivity contribution is 0.0209. The maximum Gasteiger partial charge on any atom is 0.0639 e. The van der Waals surface area contributed by atoms with Gasteiger partial charge >= 0.3 is 0 Å². The first kappa shape index (κ1) is 7.98. The van der Waals surface area contributed by atoms with Crippen LogP contribution in [0.3, 0.4) is 0 Å². The van der Waals surface area contributed by atoms with Gasteiger partial charge < -0.3 is 10.2 Å². The van der Waals surface area contributed by atoms with Gasteiger partial charge in [-0.3, -0.25) is 4.90 Å². The van der Waals surface area contributed by atoms with Crippen molar-refractivity contribution in [1.29, 1.82) is 0 Å². The van der Waals surface area contributed by atoms with Crippen molar-refractivity contribution in [3.8, 4) is 0 Å². The first-order valence-corrected chi connectivity index (χ1v) is 3.73. The number of hydrogen-bond donors (Lipinski definition) is 2. The van der Waals surface area contributed by atoms with Crippen molar-refractivity contribution in [1.82, 2.24) is 4.90 Å². The van der Waals surface area contributed by atoms with Crippen LogP contribution in [-0.2, 0) is 0 Å². The average molecular weight is 145 g/mol. The minimum Gasteiger partial charge on any atom is -0.396 e. The zero-order chi connectivity index (χ0) is 7.56. The van der Waals surface area contributed by atoms with Gasteiger partial charge in [-0.15, -0.1) is 0 Å². The van der Waals surface area contributed by atoms with Crippen molar-refractivity contribution in [3.63, 3.8) is 0 Å². The third-order valence-electron chi connectivity index (χ3n) is 1.81. The molecule has 1 aliphatic heterocycles. The Kier molecular flexibility index (Phi) is 2.65. The lowest BCUT2D eigenvalue weighted by Gasteiger charge is -2.38. The molecule has 0 spiro atoms. The highest BCUT2D eigenvalue weighted by molar-refractivity contribution is 4.79. The van der Waals surface area contributed by atoms with Crippen molar-refractivity contribution in [2.75, 3.05) is 26.2 Å². The number of hydrogen-bond acceptors (Lipinski definition) is 3. The molecule has 10 heavy (non-hydrogen) atoms. The van der Waals surface area contributed by atoms with Crippen LogP contribution in [0.1, 0.15) is 6.92 Å². The summed E-state index contributed by atoms with van der Waals surface area (Å²) >= 11 is 0. The van der Waals surface area contributed by atoms with Gasteiger partial charge in [-0.25, -0.2) is 0 Å². The highest BCUT2D eigenvalue weighted by Gasteiger charge is 2.25. The quantitative estimate of drug-likeness (QED) is 0.551. The molecule has 1 rings (SSSR count). The van der Waals surface area contributed by atoms with Crippen LogP contribution in [0.5, 0.6) is 0 Å². The molecule has 1 fully saturated rings. The number of β-amino-alcohol motifs (C(OH)–C–C–N with tert-alkyl or cyclic N) is 1. The van der Waals surface area contributed by atoms with Gasteiger partial charge in [0.05, 0.1) is 6.10 Å². The summed E-state index contributed by atoms with van der Waals surface area (Å²) in [6.45, 7) is 4.71. The number of aliphatic hydroxyl groups excluding tert-OH is 2. The van der Waals surface area contributed by atoms with E-state index < -0.39 is 0 Å². The van der Waals surface area contributed by atoms with Gasteiger partial charge in [0, 0.05) is 32.2 Å². The maximum atomic E-state index is 8.94. The van der Waals surface area contributed by atoms with Crippen LogP contribution in [0, 0.1) is 5.92 Å². The minimum absolute atomic E-state index is 0.236. The van der Waals surface area contributed by atoms with Crippen molar-refractivity contribution < 1.29 is 10.2 Å².